The van der Waals surface area contributed by atoms with E-state index in [1.165, 1.54) is 29.7 Å². The Bertz CT molecular complexity index is 744. The molecule has 0 radical (unpaired) electrons. The minimum absolute atomic E-state index is 0.148. The topological polar surface area (TPSA) is 68.0 Å². The summed E-state index contributed by atoms with van der Waals surface area (Å²) in [7, 11) is 0. The highest BCUT2D eigenvalue weighted by molar-refractivity contribution is 7.17. The number of aromatic nitrogens is 2. The van der Waals surface area contributed by atoms with Gasteiger partial charge in [-0.15, -0.1) is 11.3 Å². The molecule has 1 amide bonds. The number of thiophene rings is 1. The van der Waals surface area contributed by atoms with Crippen molar-refractivity contribution in [3.05, 3.63) is 16.3 Å². The Kier molecular flexibility index (Phi) is 4.39. The first-order valence-electron chi connectivity index (χ1n) is 8.98. The van der Waals surface area contributed by atoms with Gasteiger partial charge in [-0.05, 0) is 51.0 Å². The normalized spacial score (nSPS) is 18.4. The lowest BCUT2D eigenvalue weighted by Crippen LogP contribution is -2.24. The predicted molar refractivity (Wildman–Crippen MR) is 94.2 cm³/mol. The van der Waals surface area contributed by atoms with Gasteiger partial charge in [0, 0.05) is 10.8 Å². The molecule has 0 unspecified atom stereocenters. The molecular formula is C18H23N3O2S. The molecule has 0 spiro atoms. The first-order valence-corrected chi connectivity index (χ1v) is 9.80. The van der Waals surface area contributed by atoms with Crippen molar-refractivity contribution >= 4 is 22.2 Å². The summed E-state index contributed by atoms with van der Waals surface area (Å²) >= 11 is 1.70. The summed E-state index contributed by atoms with van der Waals surface area (Å²) in [4.78, 5) is 18.5. The van der Waals surface area contributed by atoms with Crippen molar-refractivity contribution in [3.8, 4) is 11.5 Å². The number of amides is 1. The molecule has 5 nitrogen and oxygen atoms in total. The van der Waals surface area contributed by atoms with Gasteiger partial charge >= 0.3 is 0 Å². The molecule has 0 aliphatic heterocycles. The summed E-state index contributed by atoms with van der Waals surface area (Å²) in [6, 6.07) is 0. The predicted octanol–water partition coefficient (Wildman–Crippen LogP) is 4.50. The molecule has 0 saturated heterocycles. The molecule has 0 atom stereocenters. The molecule has 1 N–H and O–H groups in total. The van der Waals surface area contributed by atoms with Crippen LogP contribution in [-0.2, 0) is 17.6 Å². The molecule has 2 aromatic heterocycles. The second-order valence-corrected chi connectivity index (χ2v) is 7.99. The first kappa shape index (κ1) is 15.8. The summed E-state index contributed by atoms with van der Waals surface area (Å²) in [6.07, 6.45) is 10.1. The van der Waals surface area contributed by atoms with Crippen molar-refractivity contribution in [2.24, 2.45) is 5.92 Å². The van der Waals surface area contributed by atoms with Gasteiger partial charge in [-0.1, -0.05) is 24.4 Å². The molecule has 0 bridgehead atoms. The molecule has 24 heavy (non-hydrogen) atoms. The average molecular weight is 345 g/mol. The van der Waals surface area contributed by atoms with Crippen LogP contribution in [0.2, 0.25) is 0 Å². The molecule has 2 aliphatic carbocycles. The molecule has 2 aromatic rings. The van der Waals surface area contributed by atoms with Crippen LogP contribution in [0.5, 0.6) is 0 Å². The molecule has 4 rings (SSSR count). The monoisotopic (exact) mass is 345 g/mol. The van der Waals surface area contributed by atoms with Crippen LogP contribution in [0.3, 0.4) is 0 Å². The van der Waals surface area contributed by atoms with E-state index in [4.69, 9.17) is 4.52 Å². The summed E-state index contributed by atoms with van der Waals surface area (Å²) in [5.41, 5.74) is 2.27. The maximum absolute atomic E-state index is 12.7. The summed E-state index contributed by atoms with van der Waals surface area (Å²) in [6.45, 7) is 1.83. The molecule has 128 valence electrons. The highest BCUT2D eigenvalue weighted by Gasteiger charge is 2.28. The van der Waals surface area contributed by atoms with E-state index in [-0.39, 0.29) is 11.8 Å². The Morgan fingerprint density at radius 2 is 1.96 bits per heavy atom. The quantitative estimate of drug-likeness (QED) is 0.889. The SMILES string of the molecule is Cc1noc(-c2c(NC(=O)C3CCCCC3)sc3c2CCCC3)n1. The van der Waals surface area contributed by atoms with Crippen molar-refractivity contribution in [1.29, 1.82) is 0 Å². The van der Waals surface area contributed by atoms with Crippen molar-refractivity contribution in [2.45, 2.75) is 64.7 Å². The standard InChI is InChI=1S/C18H23N3O2S/c1-11-19-17(23-21-11)15-13-9-5-6-10-14(13)24-18(15)20-16(22)12-7-3-2-4-8-12/h12H,2-10H2,1H3,(H,20,22). The number of fused-ring (bicyclic) bond motifs is 1. The number of rotatable bonds is 3. The number of hydrogen-bond acceptors (Lipinski definition) is 5. The van der Waals surface area contributed by atoms with Gasteiger partial charge in [0.25, 0.3) is 5.89 Å². The molecule has 2 heterocycles. The van der Waals surface area contributed by atoms with Crippen LogP contribution in [0, 0.1) is 12.8 Å². The minimum Gasteiger partial charge on any atom is -0.334 e. The number of nitrogens with one attached hydrogen (secondary N) is 1. The number of nitrogens with zero attached hydrogens (tertiary/aromatic N) is 2. The maximum atomic E-state index is 12.7. The maximum Gasteiger partial charge on any atom is 0.261 e. The van der Waals surface area contributed by atoms with Crippen LogP contribution in [-0.4, -0.2) is 16.0 Å². The van der Waals surface area contributed by atoms with Gasteiger partial charge in [-0.25, -0.2) is 0 Å². The van der Waals surface area contributed by atoms with Gasteiger partial charge in [-0.3, -0.25) is 4.79 Å². The fourth-order valence-electron chi connectivity index (χ4n) is 3.86. The summed E-state index contributed by atoms with van der Waals surface area (Å²) in [5, 5.41) is 8.04. The van der Waals surface area contributed by atoms with Gasteiger partial charge in [-0.2, -0.15) is 4.98 Å². The van der Waals surface area contributed by atoms with E-state index in [9.17, 15) is 4.79 Å². The number of anilines is 1. The van der Waals surface area contributed by atoms with Crippen molar-refractivity contribution in [1.82, 2.24) is 10.1 Å². The second kappa shape index (κ2) is 6.67. The van der Waals surface area contributed by atoms with E-state index in [0.29, 0.717) is 11.7 Å². The smallest absolute Gasteiger partial charge is 0.261 e. The molecule has 0 aromatic carbocycles. The Balaban J connectivity index is 1.66. The van der Waals surface area contributed by atoms with E-state index in [1.807, 2.05) is 6.92 Å². The average Bonchev–Trinajstić information content (AvgIpc) is 3.18. The third kappa shape index (κ3) is 2.99. The number of hydrogen-bond donors (Lipinski definition) is 1. The van der Waals surface area contributed by atoms with E-state index in [2.05, 4.69) is 15.5 Å². The lowest BCUT2D eigenvalue weighted by molar-refractivity contribution is -0.120. The third-order valence-corrected chi connectivity index (χ3v) is 6.33. The van der Waals surface area contributed by atoms with Crippen LogP contribution >= 0.6 is 11.3 Å². The van der Waals surface area contributed by atoms with Gasteiger partial charge in [0.2, 0.25) is 5.91 Å². The van der Waals surface area contributed by atoms with Crippen molar-refractivity contribution in [2.75, 3.05) is 5.32 Å². The van der Waals surface area contributed by atoms with E-state index < -0.39 is 0 Å². The van der Waals surface area contributed by atoms with E-state index in [0.717, 1.165) is 49.1 Å². The van der Waals surface area contributed by atoms with Crippen LogP contribution < -0.4 is 5.32 Å². The number of aryl methyl sites for hydroxylation is 2. The minimum atomic E-state index is 0.148. The lowest BCUT2D eigenvalue weighted by Gasteiger charge is -2.20. The zero-order valence-electron chi connectivity index (χ0n) is 14.1. The van der Waals surface area contributed by atoms with Crippen LogP contribution in [0.25, 0.3) is 11.5 Å². The first-order chi connectivity index (χ1) is 11.7. The zero-order chi connectivity index (χ0) is 16.5. The molecule has 1 fully saturated rings. The molecule has 2 aliphatic rings. The molecular weight excluding hydrogens is 322 g/mol. The van der Waals surface area contributed by atoms with Gasteiger partial charge < -0.3 is 9.84 Å². The highest BCUT2D eigenvalue weighted by atomic mass is 32.1. The lowest BCUT2D eigenvalue weighted by atomic mass is 9.88. The fraction of sp³-hybridized carbons (Fsp3) is 0.611. The van der Waals surface area contributed by atoms with Gasteiger partial charge in [0.15, 0.2) is 5.82 Å². The highest BCUT2D eigenvalue weighted by Crippen LogP contribution is 2.44. The van der Waals surface area contributed by atoms with E-state index >= 15 is 0 Å². The third-order valence-electron chi connectivity index (χ3n) is 5.13. The van der Waals surface area contributed by atoms with Gasteiger partial charge in [0.05, 0.1) is 5.56 Å². The number of carbonyl (C=O) groups is 1. The Morgan fingerprint density at radius 1 is 1.17 bits per heavy atom. The van der Waals surface area contributed by atoms with Crippen LogP contribution in [0.4, 0.5) is 5.00 Å². The fourth-order valence-corrected chi connectivity index (χ4v) is 5.14. The van der Waals surface area contributed by atoms with Crippen LogP contribution in [0.15, 0.2) is 4.52 Å². The van der Waals surface area contributed by atoms with Crippen LogP contribution in [0.1, 0.15) is 61.2 Å². The Morgan fingerprint density at radius 3 is 2.71 bits per heavy atom. The summed E-state index contributed by atoms with van der Waals surface area (Å²) < 4.78 is 5.44. The second-order valence-electron chi connectivity index (χ2n) is 6.89. The van der Waals surface area contributed by atoms with Crippen molar-refractivity contribution in [3.63, 3.8) is 0 Å². The zero-order valence-corrected chi connectivity index (χ0v) is 14.9. The number of carbonyl (C=O) groups excluding carboxylic acids is 1. The van der Waals surface area contributed by atoms with Crippen molar-refractivity contribution < 1.29 is 9.32 Å². The van der Waals surface area contributed by atoms with Gasteiger partial charge in [0.1, 0.15) is 5.00 Å². The molecule has 6 heteroatoms. The summed E-state index contributed by atoms with van der Waals surface area (Å²) in [5.74, 6) is 1.48. The molecule has 1 saturated carbocycles. The largest absolute Gasteiger partial charge is 0.334 e. The Hall–Kier alpha value is -1.69. The Labute approximate surface area is 145 Å². The van der Waals surface area contributed by atoms with E-state index in [1.54, 1.807) is 11.3 Å².